The van der Waals surface area contributed by atoms with Gasteiger partial charge in [0.05, 0.1) is 0 Å². The van der Waals surface area contributed by atoms with Gasteiger partial charge >= 0.3 is 0 Å². The Morgan fingerprint density at radius 3 is 2.33 bits per heavy atom. The zero-order valence-electron chi connectivity index (χ0n) is 11.6. The Morgan fingerprint density at radius 2 is 1.89 bits per heavy atom. The van der Waals surface area contributed by atoms with Crippen LogP contribution in [0.5, 0.6) is 0 Å². The molecular formula is C16H23NO. The number of hydrogen-bond donors (Lipinski definition) is 0. The number of benzene rings is 1. The van der Waals surface area contributed by atoms with Crippen LogP contribution in [0.15, 0.2) is 24.3 Å². The zero-order valence-corrected chi connectivity index (χ0v) is 11.6. The molecule has 1 aliphatic carbocycles. The van der Waals surface area contributed by atoms with E-state index in [1.54, 1.807) is 0 Å². The molecule has 0 spiro atoms. The summed E-state index contributed by atoms with van der Waals surface area (Å²) in [6.07, 6.45) is 3.32. The van der Waals surface area contributed by atoms with Gasteiger partial charge in [-0.15, -0.1) is 0 Å². The first-order chi connectivity index (χ1) is 8.61. The Morgan fingerprint density at radius 1 is 1.28 bits per heavy atom. The molecule has 98 valence electrons. The zero-order chi connectivity index (χ0) is 13.1. The van der Waals surface area contributed by atoms with Gasteiger partial charge < -0.3 is 4.90 Å². The van der Waals surface area contributed by atoms with Crippen LogP contribution in [-0.2, 0) is 0 Å². The van der Waals surface area contributed by atoms with E-state index in [9.17, 15) is 4.79 Å². The van der Waals surface area contributed by atoms with Crippen LogP contribution in [0, 0.1) is 5.92 Å². The highest BCUT2D eigenvalue weighted by Crippen LogP contribution is 2.32. The molecule has 0 amide bonds. The van der Waals surface area contributed by atoms with Crippen molar-refractivity contribution in [3.8, 4) is 0 Å². The van der Waals surface area contributed by atoms with Crippen LogP contribution in [-0.4, -0.2) is 18.4 Å². The van der Waals surface area contributed by atoms with E-state index in [1.807, 2.05) is 19.1 Å². The van der Waals surface area contributed by atoms with Gasteiger partial charge in [0.25, 0.3) is 0 Å². The Kier molecular flexibility index (Phi) is 4.05. The van der Waals surface area contributed by atoms with E-state index < -0.39 is 0 Å². The molecule has 0 saturated heterocycles. The second-order valence-corrected chi connectivity index (χ2v) is 5.51. The van der Waals surface area contributed by atoms with E-state index >= 15 is 0 Å². The predicted octanol–water partition coefficient (Wildman–Crippen LogP) is 3.90. The maximum absolute atomic E-state index is 11.6. The largest absolute Gasteiger partial charge is 0.369 e. The third-order valence-corrected chi connectivity index (χ3v) is 3.62. The average molecular weight is 245 g/mol. The summed E-state index contributed by atoms with van der Waals surface area (Å²) in [5, 5.41) is 0. The minimum absolute atomic E-state index is 0.222. The molecule has 0 bridgehead atoms. The van der Waals surface area contributed by atoms with Crippen molar-refractivity contribution in [2.75, 3.05) is 11.4 Å². The molecule has 0 aliphatic heterocycles. The number of carbonyl (C=O) groups excluding carboxylic acids is 1. The lowest BCUT2D eigenvalue weighted by Gasteiger charge is -2.29. The minimum Gasteiger partial charge on any atom is -0.369 e. The van der Waals surface area contributed by atoms with Crippen LogP contribution >= 0.6 is 0 Å². The summed E-state index contributed by atoms with van der Waals surface area (Å²) < 4.78 is 0. The highest BCUT2D eigenvalue weighted by molar-refractivity contribution is 5.96. The predicted molar refractivity (Wildman–Crippen MR) is 76.3 cm³/mol. The van der Waals surface area contributed by atoms with Crippen LogP contribution in [0.3, 0.4) is 0 Å². The second kappa shape index (κ2) is 5.55. The maximum Gasteiger partial charge on any atom is 0.162 e. The van der Waals surface area contributed by atoms with Gasteiger partial charge in [0.2, 0.25) is 0 Å². The summed E-state index contributed by atoms with van der Waals surface area (Å²) in [5.74, 6) is 1.10. The van der Waals surface area contributed by atoms with Crippen molar-refractivity contribution in [3.05, 3.63) is 29.8 Å². The van der Waals surface area contributed by atoms with Gasteiger partial charge in [-0.3, -0.25) is 4.79 Å². The quantitative estimate of drug-likeness (QED) is 0.708. The normalized spacial score (nSPS) is 14.9. The number of anilines is 1. The summed E-state index contributed by atoms with van der Waals surface area (Å²) in [7, 11) is 0. The topological polar surface area (TPSA) is 20.3 Å². The summed E-state index contributed by atoms with van der Waals surface area (Å²) in [6.45, 7) is 7.52. The summed E-state index contributed by atoms with van der Waals surface area (Å²) in [6, 6.07) is 8.61. The van der Waals surface area contributed by atoms with E-state index in [-0.39, 0.29) is 5.78 Å². The highest BCUT2D eigenvalue weighted by atomic mass is 16.1. The molecule has 0 atom stereocenters. The molecule has 1 aliphatic rings. The molecule has 1 aromatic carbocycles. The number of hydrogen-bond acceptors (Lipinski definition) is 2. The van der Waals surface area contributed by atoms with Crippen molar-refractivity contribution < 1.29 is 4.79 Å². The molecule has 2 rings (SSSR count). The van der Waals surface area contributed by atoms with Crippen LogP contribution < -0.4 is 4.90 Å². The Labute approximate surface area is 110 Å². The molecule has 2 heteroatoms. The third-order valence-electron chi connectivity index (χ3n) is 3.62. The fraction of sp³-hybridized carbons (Fsp3) is 0.562. The van der Waals surface area contributed by atoms with Gasteiger partial charge in [0.15, 0.2) is 5.78 Å². The van der Waals surface area contributed by atoms with E-state index in [2.05, 4.69) is 30.9 Å². The number of nitrogens with zero attached hydrogens (tertiary/aromatic N) is 1. The minimum atomic E-state index is 0.222. The molecule has 1 aromatic rings. The first-order valence-corrected chi connectivity index (χ1v) is 7.01. The smallest absolute Gasteiger partial charge is 0.162 e. The Balaban J connectivity index is 2.12. The molecule has 0 heterocycles. The van der Waals surface area contributed by atoms with Crippen molar-refractivity contribution in [2.24, 2.45) is 5.92 Å². The van der Waals surface area contributed by atoms with E-state index in [4.69, 9.17) is 0 Å². The van der Waals surface area contributed by atoms with Crippen LogP contribution in [0.4, 0.5) is 5.69 Å². The number of ketones is 1. The van der Waals surface area contributed by atoms with Crippen LogP contribution in [0.25, 0.3) is 0 Å². The summed E-state index contributed by atoms with van der Waals surface area (Å²) in [4.78, 5) is 14.0. The number of Topliss-reactive ketones (excluding diaryl/α,β-unsaturated/α-hetero) is 1. The Hall–Kier alpha value is -1.31. The molecular weight excluding hydrogens is 222 g/mol. The summed E-state index contributed by atoms with van der Waals surface area (Å²) in [5.41, 5.74) is 2.07. The van der Waals surface area contributed by atoms with Gasteiger partial charge in [-0.25, -0.2) is 0 Å². The standard InChI is InChI=1S/C16H23NO/c1-4-16(18)14-7-9-15(10-8-14)17(12(2)3)11-13-5-6-13/h7-10,12-13H,4-6,11H2,1-3H3. The average Bonchev–Trinajstić information content (AvgIpc) is 3.19. The molecule has 1 fully saturated rings. The Bertz CT molecular complexity index is 404. The highest BCUT2D eigenvalue weighted by Gasteiger charge is 2.25. The number of carbonyl (C=O) groups is 1. The lowest BCUT2D eigenvalue weighted by Crippen LogP contribution is -2.32. The van der Waals surface area contributed by atoms with Crippen LogP contribution in [0.1, 0.15) is 50.4 Å². The van der Waals surface area contributed by atoms with Crippen molar-refractivity contribution in [2.45, 2.75) is 46.1 Å². The molecule has 0 aromatic heterocycles. The molecule has 0 radical (unpaired) electrons. The number of rotatable bonds is 6. The van der Waals surface area contributed by atoms with E-state index in [0.29, 0.717) is 12.5 Å². The lowest BCUT2D eigenvalue weighted by atomic mass is 10.1. The van der Waals surface area contributed by atoms with Crippen molar-refractivity contribution in [1.29, 1.82) is 0 Å². The van der Waals surface area contributed by atoms with Crippen molar-refractivity contribution in [1.82, 2.24) is 0 Å². The maximum atomic E-state index is 11.6. The molecule has 0 unspecified atom stereocenters. The van der Waals surface area contributed by atoms with Crippen LogP contribution in [0.2, 0.25) is 0 Å². The first-order valence-electron chi connectivity index (χ1n) is 7.01. The molecule has 1 saturated carbocycles. The molecule has 18 heavy (non-hydrogen) atoms. The third kappa shape index (κ3) is 3.12. The van der Waals surface area contributed by atoms with E-state index in [0.717, 1.165) is 18.0 Å². The SMILES string of the molecule is CCC(=O)c1ccc(N(CC2CC2)C(C)C)cc1. The fourth-order valence-corrected chi connectivity index (χ4v) is 2.24. The van der Waals surface area contributed by atoms with Gasteiger partial charge in [-0.05, 0) is 56.9 Å². The van der Waals surface area contributed by atoms with Gasteiger partial charge in [0, 0.05) is 30.3 Å². The van der Waals surface area contributed by atoms with E-state index in [1.165, 1.54) is 18.5 Å². The monoisotopic (exact) mass is 245 g/mol. The van der Waals surface area contributed by atoms with Gasteiger partial charge in [-0.2, -0.15) is 0 Å². The summed E-state index contributed by atoms with van der Waals surface area (Å²) >= 11 is 0. The fourth-order valence-electron chi connectivity index (χ4n) is 2.24. The second-order valence-electron chi connectivity index (χ2n) is 5.51. The first kappa shape index (κ1) is 13.1. The van der Waals surface area contributed by atoms with Crippen molar-refractivity contribution >= 4 is 11.5 Å². The molecule has 0 N–H and O–H groups in total. The van der Waals surface area contributed by atoms with Crippen molar-refractivity contribution in [3.63, 3.8) is 0 Å². The van der Waals surface area contributed by atoms with Gasteiger partial charge in [0.1, 0.15) is 0 Å². The molecule has 2 nitrogen and oxygen atoms in total. The lowest BCUT2D eigenvalue weighted by molar-refractivity contribution is 0.0988. The van der Waals surface area contributed by atoms with Gasteiger partial charge in [-0.1, -0.05) is 6.92 Å².